The molecular weight excluding hydrogens is 1390 g/mol. The Kier molecular flexibility index (Phi) is 31.1. The Bertz CT molecular complexity index is 4340. The largest absolute Gasteiger partial charge is 0.444 e. The predicted molar refractivity (Wildman–Crippen MR) is 443 cm³/mol. The van der Waals surface area contributed by atoms with E-state index in [-0.39, 0.29) is 43.8 Å². The normalized spacial score (nSPS) is 12.3. The van der Waals surface area contributed by atoms with Crippen molar-refractivity contribution in [2.45, 2.75) is 164 Å². The summed E-state index contributed by atoms with van der Waals surface area (Å²) in [6.07, 6.45) is 12.5. The zero-order valence-electron chi connectivity index (χ0n) is 63.8. The Morgan fingerprint density at radius 1 is 0.355 bits per heavy atom. The minimum atomic E-state index is -0.538. The molecule has 0 bridgehead atoms. The van der Waals surface area contributed by atoms with Gasteiger partial charge >= 0.3 is 18.3 Å². The smallest absolute Gasteiger partial charge is 0.410 e. The van der Waals surface area contributed by atoms with Crippen LogP contribution >= 0.6 is 15.9 Å². The number of ether oxygens (including phenoxy) is 3. The van der Waals surface area contributed by atoms with E-state index in [1.165, 1.54) is 71.8 Å². The van der Waals surface area contributed by atoms with Crippen molar-refractivity contribution in [2.75, 3.05) is 39.3 Å². The van der Waals surface area contributed by atoms with E-state index in [2.05, 4.69) is 231 Å². The van der Waals surface area contributed by atoms with Crippen molar-refractivity contribution in [3.05, 3.63) is 281 Å². The van der Waals surface area contributed by atoms with Crippen LogP contribution in [0.25, 0.3) is 54.6 Å². The highest BCUT2D eigenvalue weighted by Crippen LogP contribution is 2.25. The maximum atomic E-state index is 13.0. The molecule has 11 rings (SSSR count). The van der Waals surface area contributed by atoms with Crippen molar-refractivity contribution in [3.63, 3.8) is 0 Å². The number of benzene rings is 8. The average Bonchev–Trinajstić information content (AvgIpc) is 0.844. The monoisotopic (exact) mass is 1500 g/mol. The lowest BCUT2D eigenvalue weighted by Gasteiger charge is -2.29. The first-order valence-corrected chi connectivity index (χ1v) is 37.7. The Labute approximate surface area is 644 Å². The second-order valence-corrected chi connectivity index (χ2v) is 31.2. The van der Waals surface area contributed by atoms with Gasteiger partial charge < -0.3 is 44.9 Å². The number of aromatic nitrogens is 3. The molecule has 0 spiro atoms. The lowest BCUT2D eigenvalue weighted by Crippen LogP contribution is -2.45. The molecule has 0 saturated heterocycles. The van der Waals surface area contributed by atoms with Gasteiger partial charge in [-0.25, -0.2) is 14.4 Å². The van der Waals surface area contributed by atoms with Crippen molar-refractivity contribution in [3.8, 4) is 22.3 Å². The van der Waals surface area contributed by atoms with E-state index >= 15 is 0 Å². The number of pyridine rings is 3. The summed E-state index contributed by atoms with van der Waals surface area (Å²) in [5.74, 6) is 0. The minimum Gasteiger partial charge on any atom is -0.444 e. The van der Waals surface area contributed by atoms with Crippen molar-refractivity contribution in [2.24, 2.45) is 0 Å². The standard InChI is InChI=1S/2C32H37N3O2.C26H32BrN3O2.CH4/c2*1-24(34-21-26-12-15-30-22-33-18-16-29(30)20-26)23-35(31(36)37-32(2,3)4)19-17-25-10-13-28(14-11-25)27-8-6-5-7-9-27;1-19(29-16-21-5-8-23-17-28-13-11-22(23)15-21)18-30(25(31)32-26(2,3)4)14-12-20-6-9-24(27)10-7-20;/h2*5-16,18,20,22,24,34H,17,19,21,23H2,1-4H3;5-11,13,15,17,19,29H,12,14,16,18H2,1-4H3;1H4/t2*24-;19-;/m111./s1. The van der Waals surface area contributed by atoms with E-state index in [9.17, 15) is 14.4 Å². The molecule has 3 aromatic heterocycles. The van der Waals surface area contributed by atoms with Gasteiger partial charge in [0.1, 0.15) is 16.8 Å². The Morgan fingerprint density at radius 2 is 0.617 bits per heavy atom. The first-order chi connectivity index (χ1) is 50.7. The van der Waals surface area contributed by atoms with Gasteiger partial charge in [-0.1, -0.05) is 181 Å². The molecule has 3 N–H and O–H groups in total. The number of fused-ring (bicyclic) bond motifs is 3. The fraction of sp³-hybridized carbons (Fsp3) is 0.341. The Hall–Kier alpha value is -9.84. The molecule has 0 fully saturated rings. The van der Waals surface area contributed by atoms with E-state index in [0.29, 0.717) is 39.3 Å². The number of carbonyl (C=O) groups excluding carboxylic acids is 3. The van der Waals surface area contributed by atoms with Crippen LogP contribution < -0.4 is 16.0 Å². The summed E-state index contributed by atoms with van der Waals surface area (Å²) in [7, 11) is 0. The summed E-state index contributed by atoms with van der Waals surface area (Å²) in [5.41, 5.74) is 10.4. The summed E-state index contributed by atoms with van der Waals surface area (Å²) in [4.78, 5) is 56.9. The molecule has 0 saturated carbocycles. The maximum Gasteiger partial charge on any atom is 0.410 e. The quantitative estimate of drug-likeness (QED) is 0.0441. The van der Waals surface area contributed by atoms with Crippen LogP contribution in [0.2, 0.25) is 0 Å². The molecule has 3 amide bonds. The van der Waals surface area contributed by atoms with Gasteiger partial charge in [0.25, 0.3) is 0 Å². The first kappa shape index (κ1) is 82.8. The highest BCUT2D eigenvalue weighted by Gasteiger charge is 2.27. The fourth-order valence-electron chi connectivity index (χ4n) is 12.0. The number of hydrogen-bond acceptors (Lipinski definition) is 12. The molecule has 562 valence electrons. The molecule has 8 aromatic carbocycles. The summed E-state index contributed by atoms with van der Waals surface area (Å²) < 4.78 is 18.2. The van der Waals surface area contributed by atoms with E-state index in [1.807, 2.05) is 152 Å². The van der Waals surface area contributed by atoms with E-state index in [0.717, 1.165) is 59.5 Å². The number of halogens is 1. The second kappa shape index (κ2) is 40.2. The lowest BCUT2D eigenvalue weighted by atomic mass is 10.0. The van der Waals surface area contributed by atoms with Crippen LogP contribution in [0, 0.1) is 0 Å². The molecule has 0 aliphatic carbocycles. The molecule has 3 atom stereocenters. The SMILES string of the molecule is C.C[C@H](CN(CCc1ccc(-c2ccccc2)cc1)C(=O)OC(C)(C)C)NCc1ccc2cnccc2c1.C[C@H](CN(CCc1ccc(-c2ccccc2)cc1)C(=O)OC(C)(C)C)NCc1ccc2cnccc2c1.C[C@H](CN(CCc1ccc(Br)cc1)C(=O)OC(C)(C)C)NCc1ccc2cnccc2c1. The highest BCUT2D eigenvalue weighted by molar-refractivity contribution is 9.10. The number of nitrogens with one attached hydrogen (secondary N) is 3. The summed E-state index contributed by atoms with van der Waals surface area (Å²) in [6, 6.07) is 71.6. The highest BCUT2D eigenvalue weighted by atomic mass is 79.9. The van der Waals surface area contributed by atoms with Gasteiger partial charge in [-0.15, -0.1) is 0 Å². The van der Waals surface area contributed by atoms with E-state index in [4.69, 9.17) is 14.2 Å². The zero-order valence-corrected chi connectivity index (χ0v) is 65.4. The number of rotatable bonds is 26. The molecule has 0 unspecified atom stereocenters. The average molecular weight is 1510 g/mol. The zero-order chi connectivity index (χ0) is 75.6. The van der Waals surface area contributed by atoms with Gasteiger partial charge in [-0.3, -0.25) is 15.0 Å². The van der Waals surface area contributed by atoms with Gasteiger partial charge in [0.05, 0.1) is 0 Å². The Balaban J connectivity index is 0.000000202. The second-order valence-electron chi connectivity index (χ2n) is 30.3. The number of nitrogens with zero attached hydrogens (tertiary/aromatic N) is 6. The Morgan fingerprint density at radius 3 is 0.897 bits per heavy atom. The van der Waals surface area contributed by atoms with Crippen molar-refractivity contribution < 1.29 is 28.6 Å². The van der Waals surface area contributed by atoms with Gasteiger partial charge in [-0.05, 0) is 223 Å². The van der Waals surface area contributed by atoms with Gasteiger partial charge in [0.15, 0.2) is 0 Å². The topological polar surface area (TPSA) is 163 Å². The van der Waals surface area contributed by atoms with Crippen LogP contribution in [0.1, 0.15) is 124 Å². The van der Waals surface area contributed by atoms with Gasteiger partial charge in [-0.2, -0.15) is 0 Å². The summed E-state index contributed by atoms with van der Waals surface area (Å²) >= 11 is 3.47. The number of hydrogen-bond donors (Lipinski definition) is 3. The summed E-state index contributed by atoms with van der Waals surface area (Å²) in [5, 5.41) is 17.6. The number of amides is 3. The molecule has 107 heavy (non-hydrogen) atoms. The third-order valence-electron chi connectivity index (χ3n) is 17.6. The maximum absolute atomic E-state index is 13.0. The lowest BCUT2D eigenvalue weighted by molar-refractivity contribution is 0.0227. The molecule has 3 heterocycles. The molecule has 16 heteroatoms. The third kappa shape index (κ3) is 28.4. The fourth-order valence-corrected chi connectivity index (χ4v) is 12.2. The predicted octanol–water partition coefficient (Wildman–Crippen LogP) is 20.3. The first-order valence-electron chi connectivity index (χ1n) is 36.9. The van der Waals surface area contributed by atoms with Crippen LogP contribution in [0.15, 0.2) is 248 Å². The van der Waals surface area contributed by atoms with E-state index < -0.39 is 16.8 Å². The van der Waals surface area contributed by atoms with Crippen molar-refractivity contribution >= 4 is 66.5 Å². The molecule has 15 nitrogen and oxygen atoms in total. The van der Waals surface area contributed by atoms with Crippen molar-refractivity contribution in [1.82, 2.24) is 45.6 Å². The van der Waals surface area contributed by atoms with Gasteiger partial charge in [0.2, 0.25) is 0 Å². The van der Waals surface area contributed by atoms with E-state index in [1.54, 1.807) is 4.90 Å². The van der Waals surface area contributed by atoms with Crippen molar-refractivity contribution in [1.29, 1.82) is 0 Å². The minimum absolute atomic E-state index is 0. The van der Waals surface area contributed by atoms with Crippen LogP contribution in [0.5, 0.6) is 0 Å². The van der Waals surface area contributed by atoms with Crippen LogP contribution in [0.3, 0.4) is 0 Å². The summed E-state index contributed by atoms with van der Waals surface area (Å²) in [6.45, 7) is 29.1. The van der Waals surface area contributed by atoms with Crippen LogP contribution in [-0.4, -0.2) is 122 Å². The van der Waals surface area contributed by atoms with Gasteiger partial charge in [0, 0.05) is 135 Å². The number of carbonyl (C=O) groups is 3. The molecule has 0 aliphatic rings. The molecule has 0 radical (unpaired) electrons. The van der Waals surface area contributed by atoms with Crippen LogP contribution in [0.4, 0.5) is 14.4 Å². The van der Waals surface area contributed by atoms with Crippen LogP contribution in [-0.2, 0) is 53.1 Å². The molecular formula is C91H110BrN9O6. The molecule has 0 aliphatic heterocycles. The molecule has 11 aromatic rings. The third-order valence-corrected chi connectivity index (χ3v) is 18.1.